The highest BCUT2D eigenvalue weighted by Crippen LogP contribution is 2.33. The Morgan fingerprint density at radius 1 is 1.05 bits per heavy atom. The lowest BCUT2D eigenvalue weighted by Crippen LogP contribution is -2.24. The molecule has 0 spiro atoms. The molecule has 3 heteroatoms. The van der Waals surface area contributed by atoms with E-state index in [-0.39, 0.29) is 11.3 Å². The fourth-order valence-electron chi connectivity index (χ4n) is 2.69. The minimum atomic E-state index is 0.0817. The molecule has 1 aliphatic heterocycles. The van der Waals surface area contributed by atoms with Crippen LogP contribution >= 0.6 is 0 Å². The first-order valence-corrected chi connectivity index (χ1v) is 7.68. The van der Waals surface area contributed by atoms with Crippen LogP contribution < -0.4 is 10.2 Å². The third-order valence-electron chi connectivity index (χ3n) is 3.82. The van der Waals surface area contributed by atoms with E-state index < -0.39 is 0 Å². The van der Waals surface area contributed by atoms with Gasteiger partial charge in [-0.05, 0) is 29.2 Å². The second-order valence-electron chi connectivity index (χ2n) is 6.98. The number of rotatable bonds is 3. The molecule has 2 aromatic carbocycles. The molecule has 1 N–H and O–H groups in total. The maximum atomic E-state index is 12.8. The Bertz CT molecular complexity index is 686. The van der Waals surface area contributed by atoms with E-state index in [9.17, 15) is 4.79 Å². The summed E-state index contributed by atoms with van der Waals surface area (Å²) in [4.78, 5) is 14.7. The Morgan fingerprint density at radius 2 is 1.77 bits per heavy atom. The molecule has 114 valence electrons. The first kappa shape index (κ1) is 14.6. The van der Waals surface area contributed by atoms with Gasteiger partial charge < -0.3 is 10.2 Å². The van der Waals surface area contributed by atoms with Crippen molar-refractivity contribution >= 4 is 17.3 Å². The highest BCUT2D eigenvalue weighted by molar-refractivity contribution is 6.13. The molecule has 0 aliphatic carbocycles. The van der Waals surface area contributed by atoms with E-state index in [2.05, 4.69) is 26.1 Å². The van der Waals surface area contributed by atoms with E-state index in [1.165, 1.54) is 0 Å². The predicted molar refractivity (Wildman–Crippen MR) is 91.3 cm³/mol. The molecule has 1 amide bonds. The number of fused-ring (bicyclic) bond motifs is 1. The van der Waals surface area contributed by atoms with Crippen LogP contribution in [-0.2, 0) is 6.54 Å². The molecule has 0 aromatic heterocycles. The van der Waals surface area contributed by atoms with E-state index in [4.69, 9.17) is 0 Å². The number of amides is 1. The van der Waals surface area contributed by atoms with Crippen molar-refractivity contribution in [2.24, 2.45) is 5.41 Å². The van der Waals surface area contributed by atoms with Crippen LogP contribution in [0.1, 0.15) is 36.7 Å². The molecule has 0 radical (unpaired) electrons. The van der Waals surface area contributed by atoms with Crippen molar-refractivity contribution in [3.63, 3.8) is 0 Å². The molecule has 2 aromatic rings. The fraction of sp³-hybridized carbons (Fsp3) is 0.316. The number of nitrogens with one attached hydrogen (secondary N) is 1. The Labute approximate surface area is 132 Å². The van der Waals surface area contributed by atoms with Gasteiger partial charge in [0.2, 0.25) is 0 Å². The minimum Gasteiger partial charge on any atom is -0.384 e. The molecular weight excluding hydrogens is 272 g/mol. The van der Waals surface area contributed by atoms with Gasteiger partial charge in [0.15, 0.2) is 0 Å². The Morgan fingerprint density at radius 3 is 2.45 bits per heavy atom. The summed E-state index contributed by atoms with van der Waals surface area (Å²) >= 11 is 0. The van der Waals surface area contributed by atoms with Gasteiger partial charge in [-0.3, -0.25) is 4.79 Å². The zero-order chi connectivity index (χ0) is 15.7. The van der Waals surface area contributed by atoms with Gasteiger partial charge in [-0.25, -0.2) is 0 Å². The van der Waals surface area contributed by atoms with Gasteiger partial charge in [0.1, 0.15) is 0 Å². The molecule has 0 atom stereocenters. The lowest BCUT2D eigenvalue weighted by atomic mass is 9.96. The predicted octanol–water partition coefficient (Wildman–Crippen LogP) is 4.31. The summed E-state index contributed by atoms with van der Waals surface area (Å²) in [7, 11) is 0. The number of para-hydroxylation sites is 1. The quantitative estimate of drug-likeness (QED) is 0.915. The van der Waals surface area contributed by atoms with Crippen molar-refractivity contribution in [1.29, 1.82) is 0 Å². The summed E-state index contributed by atoms with van der Waals surface area (Å²) in [6.45, 7) is 8.02. The lowest BCUT2D eigenvalue weighted by molar-refractivity contribution is 0.0997. The third-order valence-corrected chi connectivity index (χ3v) is 3.82. The molecule has 0 fully saturated rings. The van der Waals surface area contributed by atoms with Crippen LogP contribution in [0, 0.1) is 5.41 Å². The molecule has 3 rings (SSSR count). The molecule has 0 saturated heterocycles. The summed E-state index contributed by atoms with van der Waals surface area (Å²) in [5, 5.41) is 3.44. The standard InChI is InChI=1S/C19H22N2O/c1-19(2,3)13-20-16-11-7-8-14-12-21(18(22)17(14)16)15-9-5-4-6-10-15/h4-11,20H,12-13H2,1-3H3. The second-order valence-corrected chi connectivity index (χ2v) is 6.98. The van der Waals surface area contributed by atoms with Gasteiger partial charge in [0.25, 0.3) is 5.91 Å². The average Bonchev–Trinajstić information content (AvgIpc) is 2.83. The van der Waals surface area contributed by atoms with E-state index >= 15 is 0 Å². The normalized spacial score (nSPS) is 14.1. The fourth-order valence-corrected chi connectivity index (χ4v) is 2.69. The second kappa shape index (κ2) is 5.48. The first-order chi connectivity index (χ1) is 10.5. The molecular formula is C19H22N2O. The summed E-state index contributed by atoms with van der Waals surface area (Å²) in [5.41, 5.74) is 3.97. The molecule has 1 aliphatic rings. The van der Waals surface area contributed by atoms with Gasteiger partial charge in [0, 0.05) is 17.9 Å². The number of carbonyl (C=O) groups excluding carboxylic acids is 1. The summed E-state index contributed by atoms with van der Waals surface area (Å²) in [6.07, 6.45) is 0. The van der Waals surface area contributed by atoms with Gasteiger partial charge in [-0.15, -0.1) is 0 Å². The largest absolute Gasteiger partial charge is 0.384 e. The van der Waals surface area contributed by atoms with Crippen molar-refractivity contribution in [2.45, 2.75) is 27.3 Å². The first-order valence-electron chi connectivity index (χ1n) is 7.68. The van der Waals surface area contributed by atoms with Gasteiger partial charge >= 0.3 is 0 Å². The highest BCUT2D eigenvalue weighted by Gasteiger charge is 2.30. The zero-order valence-corrected chi connectivity index (χ0v) is 13.4. The van der Waals surface area contributed by atoms with Gasteiger partial charge in [0.05, 0.1) is 12.1 Å². The van der Waals surface area contributed by atoms with E-state index in [1.807, 2.05) is 53.4 Å². The van der Waals surface area contributed by atoms with Gasteiger partial charge in [-0.1, -0.05) is 51.1 Å². The Balaban J connectivity index is 1.90. The van der Waals surface area contributed by atoms with Crippen molar-refractivity contribution in [3.8, 4) is 0 Å². The van der Waals surface area contributed by atoms with Crippen LogP contribution in [0.4, 0.5) is 11.4 Å². The topological polar surface area (TPSA) is 32.3 Å². The maximum Gasteiger partial charge on any atom is 0.261 e. The van der Waals surface area contributed by atoms with Crippen molar-refractivity contribution in [3.05, 3.63) is 59.7 Å². The van der Waals surface area contributed by atoms with Crippen LogP contribution in [0.2, 0.25) is 0 Å². The smallest absolute Gasteiger partial charge is 0.261 e. The summed E-state index contributed by atoms with van der Waals surface area (Å²) < 4.78 is 0. The molecule has 1 heterocycles. The average molecular weight is 294 g/mol. The molecule has 3 nitrogen and oxygen atoms in total. The highest BCUT2D eigenvalue weighted by atomic mass is 16.2. The van der Waals surface area contributed by atoms with Gasteiger partial charge in [-0.2, -0.15) is 0 Å². The Hall–Kier alpha value is -2.29. The lowest BCUT2D eigenvalue weighted by Gasteiger charge is -2.21. The van der Waals surface area contributed by atoms with E-state index in [0.29, 0.717) is 6.54 Å². The van der Waals surface area contributed by atoms with Crippen molar-refractivity contribution < 1.29 is 4.79 Å². The monoisotopic (exact) mass is 294 g/mol. The van der Waals surface area contributed by atoms with Crippen LogP contribution in [0.25, 0.3) is 0 Å². The summed E-state index contributed by atoms with van der Waals surface area (Å²) in [5.74, 6) is 0.0817. The van der Waals surface area contributed by atoms with Crippen LogP contribution in [-0.4, -0.2) is 12.5 Å². The van der Waals surface area contributed by atoms with E-state index in [0.717, 1.165) is 29.0 Å². The van der Waals surface area contributed by atoms with Crippen LogP contribution in [0.3, 0.4) is 0 Å². The number of nitrogens with zero attached hydrogens (tertiary/aromatic N) is 1. The molecule has 0 unspecified atom stereocenters. The van der Waals surface area contributed by atoms with Crippen molar-refractivity contribution in [1.82, 2.24) is 0 Å². The molecule has 0 bridgehead atoms. The van der Waals surface area contributed by atoms with E-state index in [1.54, 1.807) is 0 Å². The number of benzene rings is 2. The summed E-state index contributed by atoms with van der Waals surface area (Å²) in [6, 6.07) is 15.9. The number of anilines is 2. The molecule has 0 saturated carbocycles. The van der Waals surface area contributed by atoms with Crippen LogP contribution in [0.5, 0.6) is 0 Å². The molecule has 22 heavy (non-hydrogen) atoms. The van der Waals surface area contributed by atoms with Crippen LogP contribution in [0.15, 0.2) is 48.5 Å². The SMILES string of the molecule is CC(C)(C)CNc1cccc2c1C(=O)N(c1ccccc1)C2. The minimum absolute atomic E-state index is 0.0817. The third kappa shape index (κ3) is 2.84. The zero-order valence-electron chi connectivity index (χ0n) is 13.4. The number of hydrogen-bond acceptors (Lipinski definition) is 2. The number of carbonyl (C=O) groups is 1. The maximum absolute atomic E-state index is 12.8. The number of hydrogen-bond donors (Lipinski definition) is 1. The Kier molecular flexibility index (Phi) is 3.65. The van der Waals surface area contributed by atoms with Crippen molar-refractivity contribution in [2.75, 3.05) is 16.8 Å².